The molecule has 1 fully saturated rings. The molecule has 3 heteroatoms. The van der Waals surface area contributed by atoms with Crippen LogP contribution in [-0.4, -0.2) is 18.3 Å². The Morgan fingerprint density at radius 2 is 1.95 bits per heavy atom. The van der Waals surface area contributed by atoms with Gasteiger partial charge in [-0.3, -0.25) is 0 Å². The van der Waals surface area contributed by atoms with E-state index in [9.17, 15) is 5.11 Å². The number of nitrogens with one attached hydrogen (secondary N) is 1. The third kappa shape index (κ3) is 4.14. The SMILES string of the molecule is COc1ccc(O)c(CN[C@H](C)C2CCCCCC2)c1. The molecule has 0 aromatic heterocycles. The topological polar surface area (TPSA) is 41.5 Å². The lowest BCUT2D eigenvalue weighted by Crippen LogP contribution is -2.32. The van der Waals surface area contributed by atoms with Gasteiger partial charge in [0.05, 0.1) is 7.11 Å². The van der Waals surface area contributed by atoms with Gasteiger partial charge in [0, 0.05) is 18.2 Å². The number of phenols is 1. The van der Waals surface area contributed by atoms with E-state index in [2.05, 4.69) is 12.2 Å². The van der Waals surface area contributed by atoms with Crippen molar-refractivity contribution in [3.63, 3.8) is 0 Å². The molecule has 0 unspecified atom stereocenters. The summed E-state index contributed by atoms with van der Waals surface area (Å²) >= 11 is 0. The minimum absolute atomic E-state index is 0.339. The van der Waals surface area contributed by atoms with Crippen LogP contribution in [0.2, 0.25) is 0 Å². The normalized spacial score (nSPS) is 18.5. The van der Waals surface area contributed by atoms with Crippen LogP contribution in [0.15, 0.2) is 18.2 Å². The molecule has 1 aromatic rings. The fraction of sp³-hybridized carbons (Fsp3) is 0.647. The Kier molecular flexibility index (Phi) is 5.72. The summed E-state index contributed by atoms with van der Waals surface area (Å²) in [5, 5.41) is 13.5. The van der Waals surface area contributed by atoms with E-state index in [0.717, 1.165) is 17.2 Å². The molecule has 0 amide bonds. The van der Waals surface area contributed by atoms with Crippen LogP contribution in [0, 0.1) is 5.92 Å². The molecule has 1 atom stereocenters. The van der Waals surface area contributed by atoms with E-state index in [1.54, 1.807) is 19.2 Å². The Bertz CT molecular complexity index is 411. The predicted octanol–water partition coefficient (Wildman–Crippen LogP) is 3.85. The number of phenolic OH excluding ortho intramolecular Hbond substituents is 1. The van der Waals surface area contributed by atoms with E-state index < -0.39 is 0 Å². The van der Waals surface area contributed by atoms with Crippen LogP contribution in [0.25, 0.3) is 0 Å². The molecule has 0 spiro atoms. The van der Waals surface area contributed by atoms with E-state index >= 15 is 0 Å². The summed E-state index contributed by atoms with van der Waals surface area (Å²) < 4.78 is 5.21. The van der Waals surface area contributed by atoms with E-state index in [4.69, 9.17) is 4.74 Å². The maximum Gasteiger partial charge on any atom is 0.120 e. The van der Waals surface area contributed by atoms with Crippen molar-refractivity contribution in [2.24, 2.45) is 5.92 Å². The van der Waals surface area contributed by atoms with Crippen molar-refractivity contribution in [3.05, 3.63) is 23.8 Å². The van der Waals surface area contributed by atoms with Gasteiger partial charge < -0.3 is 15.2 Å². The van der Waals surface area contributed by atoms with Crippen LogP contribution in [0.4, 0.5) is 0 Å². The molecular weight excluding hydrogens is 250 g/mol. The number of hydrogen-bond acceptors (Lipinski definition) is 3. The molecule has 2 N–H and O–H groups in total. The molecule has 2 rings (SSSR count). The van der Waals surface area contributed by atoms with Crippen molar-refractivity contribution >= 4 is 0 Å². The maximum atomic E-state index is 9.90. The summed E-state index contributed by atoms with van der Waals surface area (Å²) in [6.45, 7) is 2.97. The molecule has 0 aliphatic heterocycles. The standard InChI is InChI=1S/C17H27NO2/c1-13(14-7-5-3-4-6-8-14)18-12-15-11-16(20-2)9-10-17(15)19/h9-11,13-14,18-19H,3-8,12H2,1-2H3/t13-/m1/s1. The van der Waals surface area contributed by atoms with Gasteiger partial charge in [-0.2, -0.15) is 0 Å². The van der Waals surface area contributed by atoms with Gasteiger partial charge in [0.15, 0.2) is 0 Å². The summed E-state index contributed by atoms with van der Waals surface area (Å²) in [7, 11) is 1.65. The Morgan fingerprint density at radius 3 is 2.60 bits per heavy atom. The zero-order valence-corrected chi connectivity index (χ0v) is 12.7. The molecule has 1 aliphatic carbocycles. The van der Waals surface area contributed by atoms with Gasteiger partial charge in [0.25, 0.3) is 0 Å². The highest BCUT2D eigenvalue weighted by Gasteiger charge is 2.18. The fourth-order valence-electron chi connectivity index (χ4n) is 3.08. The van der Waals surface area contributed by atoms with Crippen LogP contribution < -0.4 is 10.1 Å². The molecule has 0 saturated heterocycles. The highest BCUT2D eigenvalue weighted by molar-refractivity contribution is 5.39. The lowest BCUT2D eigenvalue weighted by Gasteiger charge is -2.24. The Hall–Kier alpha value is -1.22. The zero-order chi connectivity index (χ0) is 14.4. The van der Waals surface area contributed by atoms with Gasteiger partial charge >= 0.3 is 0 Å². The molecule has 0 bridgehead atoms. The van der Waals surface area contributed by atoms with E-state index in [1.807, 2.05) is 6.07 Å². The molecule has 112 valence electrons. The Morgan fingerprint density at radius 1 is 1.25 bits per heavy atom. The first kappa shape index (κ1) is 15.2. The lowest BCUT2D eigenvalue weighted by atomic mass is 9.93. The summed E-state index contributed by atoms with van der Waals surface area (Å²) in [5.74, 6) is 1.90. The largest absolute Gasteiger partial charge is 0.508 e. The van der Waals surface area contributed by atoms with Gasteiger partial charge in [-0.05, 0) is 43.9 Å². The number of benzene rings is 1. The monoisotopic (exact) mass is 277 g/mol. The van der Waals surface area contributed by atoms with Gasteiger partial charge in [0.1, 0.15) is 11.5 Å². The molecule has 20 heavy (non-hydrogen) atoms. The second kappa shape index (κ2) is 7.53. The zero-order valence-electron chi connectivity index (χ0n) is 12.7. The number of methoxy groups -OCH3 is 1. The second-order valence-electron chi connectivity index (χ2n) is 5.92. The third-order valence-corrected chi connectivity index (χ3v) is 4.51. The summed E-state index contributed by atoms with van der Waals surface area (Å²) in [6.07, 6.45) is 8.17. The molecule has 1 aliphatic rings. The lowest BCUT2D eigenvalue weighted by molar-refractivity contribution is 0.334. The van der Waals surface area contributed by atoms with E-state index in [-0.39, 0.29) is 0 Å². The van der Waals surface area contributed by atoms with Crippen LogP contribution in [0.5, 0.6) is 11.5 Å². The van der Waals surface area contributed by atoms with Crippen LogP contribution in [0.1, 0.15) is 51.0 Å². The van der Waals surface area contributed by atoms with Crippen LogP contribution in [0.3, 0.4) is 0 Å². The third-order valence-electron chi connectivity index (χ3n) is 4.51. The van der Waals surface area contributed by atoms with Gasteiger partial charge in [-0.1, -0.05) is 25.7 Å². The smallest absolute Gasteiger partial charge is 0.120 e. The number of ether oxygens (including phenoxy) is 1. The first-order valence-corrected chi connectivity index (χ1v) is 7.80. The van der Waals surface area contributed by atoms with Gasteiger partial charge in [0.2, 0.25) is 0 Å². The maximum absolute atomic E-state index is 9.90. The van der Waals surface area contributed by atoms with Gasteiger partial charge in [-0.15, -0.1) is 0 Å². The highest BCUT2D eigenvalue weighted by Crippen LogP contribution is 2.27. The highest BCUT2D eigenvalue weighted by atomic mass is 16.5. The average molecular weight is 277 g/mol. The van der Waals surface area contributed by atoms with E-state index in [0.29, 0.717) is 18.3 Å². The van der Waals surface area contributed by atoms with Crippen LogP contribution >= 0.6 is 0 Å². The fourth-order valence-corrected chi connectivity index (χ4v) is 3.08. The minimum atomic E-state index is 0.339. The van der Waals surface area contributed by atoms with Crippen molar-refractivity contribution < 1.29 is 9.84 Å². The first-order valence-electron chi connectivity index (χ1n) is 7.80. The molecule has 3 nitrogen and oxygen atoms in total. The van der Waals surface area contributed by atoms with Crippen molar-refractivity contribution in [1.82, 2.24) is 5.32 Å². The Labute approximate surface area is 122 Å². The molecule has 1 aromatic carbocycles. The molecule has 0 heterocycles. The van der Waals surface area contributed by atoms with Crippen molar-refractivity contribution in [2.45, 2.75) is 58.0 Å². The predicted molar refractivity (Wildman–Crippen MR) is 82.2 cm³/mol. The summed E-state index contributed by atoms with van der Waals surface area (Å²) in [4.78, 5) is 0. The Balaban J connectivity index is 1.90. The van der Waals surface area contributed by atoms with Crippen molar-refractivity contribution in [1.29, 1.82) is 0 Å². The minimum Gasteiger partial charge on any atom is -0.508 e. The van der Waals surface area contributed by atoms with Crippen molar-refractivity contribution in [2.75, 3.05) is 7.11 Å². The number of rotatable bonds is 5. The number of aromatic hydroxyl groups is 1. The molecule has 0 radical (unpaired) electrons. The quantitative estimate of drug-likeness (QED) is 0.803. The van der Waals surface area contributed by atoms with E-state index in [1.165, 1.54) is 38.5 Å². The summed E-state index contributed by atoms with van der Waals surface area (Å²) in [5.41, 5.74) is 0.907. The van der Waals surface area contributed by atoms with Crippen molar-refractivity contribution in [3.8, 4) is 11.5 Å². The first-order chi connectivity index (χ1) is 9.70. The van der Waals surface area contributed by atoms with Gasteiger partial charge in [-0.25, -0.2) is 0 Å². The summed E-state index contributed by atoms with van der Waals surface area (Å²) in [6, 6.07) is 5.89. The van der Waals surface area contributed by atoms with Crippen LogP contribution in [-0.2, 0) is 6.54 Å². The second-order valence-corrected chi connectivity index (χ2v) is 5.92. The molecule has 1 saturated carbocycles. The average Bonchev–Trinajstić information content (AvgIpc) is 2.75. The molecular formula is C17H27NO2. The number of hydrogen-bond donors (Lipinski definition) is 2.